The third-order valence-electron chi connectivity index (χ3n) is 4.58. The van der Waals surface area contributed by atoms with E-state index in [0.717, 1.165) is 18.4 Å². The van der Waals surface area contributed by atoms with Gasteiger partial charge in [-0.1, -0.05) is 24.3 Å². The van der Waals surface area contributed by atoms with Crippen molar-refractivity contribution in [2.75, 3.05) is 12.4 Å². The first-order chi connectivity index (χ1) is 13.4. The number of anilines is 1. The Hall–Kier alpha value is -2.71. The lowest BCUT2D eigenvalue weighted by Crippen LogP contribution is -2.25. The normalized spacial score (nSPS) is 13.8. The molecule has 0 atom stereocenters. The topological polar surface area (TPSA) is 104 Å². The lowest BCUT2D eigenvalue weighted by Gasteiger charge is -2.11. The van der Waals surface area contributed by atoms with E-state index in [1.165, 1.54) is 7.05 Å². The quantitative estimate of drug-likeness (QED) is 0.629. The molecule has 0 radical (unpaired) electrons. The second-order valence-corrected chi connectivity index (χ2v) is 8.68. The second kappa shape index (κ2) is 8.53. The first-order valence-electron chi connectivity index (χ1n) is 9.05. The predicted molar refractivity (Wildman–Crippen MR) is 107 cm³/mol. The van der Waals surface area contributed by atoms with Crippen molar-refractivity contribution in [3.8, 4) is 0 Å². The average molecular weight is 401 g/mol. The van der Waals surface area contributed by atoms with Gasteiger partial charge in [0.05, 0.1) is 5.75 Å². The lowest BCUT2D eigenvalue weighted by atomic mass is 10.1. The molecule has 0 aromatic heterocycles. The van der Waals surface area contributed by atoms with Crippen molar-refractivity contribution in [3.05, 3.63) is 65.2 Å². The molecule has 0 spiro atoms. The second-order valence-electron chi connectivity index (χ2n) is 6.76. The molecule has 2 aromatic carbocycles. The Morgan fingerprint density at radius 3 is 2.25 bits per heavy atom. The summed E-state index contributed by atoms with van der Waals surface area (Å²) in [5.41, 5.74) is 2.50. The van der Waals surface area contributed by atoms with Crippen LogP contribution in [0.4, 0.5) is 5.69 Å². The van der Waals surface area contributed by atoms with Gasteiger partial charge >= 0.3 is 0 Å². The van der Waals surface area contributed by atoms with Crippen LogP contribution >= 0.6 is 0 Å². The fraction of sp³-hybridized carbons (Fsp3) is 0.300. The summed E-state index contributed by atoms with van der Waals surface area (Å²) in [4.78, 5) is 24.2. The monoisotopic (exact) mass is 401 g/mol. The molecule has 3 rings (SSSR count). The summed E-state index contributed by atoms with van der Waals surface area (Å²) >= 11 is 0. The maximum atomic E-state index is 12.4. The van der Waals surface area contributed by atoms with Crippen molar-refractivity contribution < 1.29 is 18.0 Å². The molecule has 148 valence electrons. The van der Waals surface area contributed by atoms with E-state index in [1.54, 1.807) is 48.5 Å². The van der Waals surface area contributed by atoms with Crippen LogP contribution < -0.4 is 15.4 Å². The molecule has 0 aliphatic heterocycles. The molecule has 28 heavy (non-hydrogen) atoms. The highest BCUT2D eigenvalue weighted by molar-refractivity contribution is 7.88. The molecule has 0 bridgehead atoms. The fourth-order valence-corrected chi connectivity index (χ4v) is 3.56. The van der Waals surface area contributed by atoms with Crippen molar-refractivity contribution in [3.63, 3.8) is 0 Å². The fourth-order valence-electron chi connectivity index (χ4n) is 2.72. The Morgan fingerprint density at radius 1 is 1.00 bits per heavy atom. The SMILES string of the molecule is CNS(=O)(=O)Cc1ccccc1CNC(=O)c1ccc(NC(=O)C2CC2)cc1. The van der Waals surface area contributed by atoms with Gasteiger partial charge in [-0.05, 0) is 55.3 Å². The van der Waals surface area contributed by atoms with Crippen LogP contribution in [0.3, 0.4) is 0 Å². The summed E-state index contributed by atoms with van der Waals surface area (Å²) in [6.45, 7) is 0.217. The molecule has 0 saturated heterocycles. The number of rotatable bonds is 8. The number of amides is 2. The summed E-state index contributed by atoms with van der Waals surface area (Å²) in [5, 5.41) is 5.64. The minimum atomic E-state index is -3.40. The van der Waals surface area contributed by atoms with Gasteiger partial charge in [-0.15, -0.1) is 0 Å². The van der Waals surface area contributed by atoms with Crippen LogP contribution in [-0.4, -0.2) is 27.3 Å². The third kappa shape index (κ3) is 5.40. The number of sulfonamides is 1. The van der Waals surface area contributed by atoms with E-state index >= 15 is 0 Å². The largest absolute Gasteiger partial charge is 0.348 e. The van der Waals surface area contributed by atoms with Crippen molar-refractivity contribution >= 4 is 27.5 Å². The number of hydrogen-bond donors (Lipinski definition) is 3. The molecule has 1 fully saturated rings. The minimum Gasteiger partial charge on any atom is -0.348 e. The van der Waals surface area contributed by atoms with E-state index in [9.17, 15) is 18.0 Å². The van der Waals surface area contributed by atoms with Crippen molar-refractivity contribution in [1.82, 2.24) is 10.0 Å². The maximum Gasteiger partial charge on any atom is 0.251 e. The number of carbonyl (C=O) groups excluding carboxylic acids is 2. The van der Waals surface area contributed by atoms with Gasteiger partial charge in [-0.3, -0.25) is 9.59 Å². The highest BCUT2D eigenvalue weighted by Crippen LogP contribution is 2.30. The Morgan fingerprint density at radius 2 is 1.64 bits per heavy atom. The van der Waals surface area contributed by atoms with E-state index < -0.39 is 10.0 Å². The Kier molecular flexibility index (Phi) is 6.11. The van der Waals surface area contributed by atoms with Gasteiger partial charge in [0.2, 0.25) is 15.9 Å². The van der Waals surface area contributed by atoms with Gasteiger partial charge in [0.1, 0.15) is 0 Å². The molecule has 1 aliphatic rings. The molecule has 8 heteroatoms. The summed E-state index contributed by atoms with van der Waals surface area (Å²) in [7, 11) is -2.03. The van der Waals surface area contributed by atoms with E-state index in [4.69, 9.17) is 0 Å². The lowest BCUT2D eigenvalue weighted by molar-refractivity contribution is -0.117. The van der Waals surface area contributed by atoms with Crippen molar-refractivity contribution in [2.45, 2.75) is 25.1 Å². The van der Waals surface area contributed by atoms with Gasteiger partial charge in [0, 0.05) is 23.7 Å². The molecule has 0 heterocycles. The molecular formula is C20H23N3O4S. The first-order valence-corrected chi connectivity index (χ1v) is 10.7. The third-order valence-corrected chi connectivity index (χ3v) is 5.89. The van der Waals surface area contributed by atoms with Crippen molar-refractivity contribution in [1.29, 1.82) is 0 Å². The van der Waals surface area contributed by atoms with E-state index in [-0.39, 0.29) is 30.0 Å². The number of hydrogen-bond acceptors (Lipinski definition) is 4. The number of benzene rings is 2. The molecule has 7 nitrogen and oxygen atoms in total. The van der Waals surface area contributed by atoms with Crippen molar-refractivity contribution in [2.24, 2.45) is 5.92 Å². The van der Waals surface area contributed by atoms with E-state index in [1.807, 2.05) is 0 Å². The molecule has 3 N–H and O–H groups in total. The molecular weight excluding hydrogens is 378 g/mol. The molecule has 0 unspecified atom stereocenters. The van der Waals surface area contributed by atoms with Gasteiger partial charge in [-0.25, -0.2) is 13.1 Å². The zero-order valence-corrected chi connectivity index (χ0v) is 16.4. The van der Waals surface area contributed by atoms with Gasteiger partial charge in [-0.2, -0.15) is 0 Å². The zero-order valence-electron chi connectivity index (χ0n) is 15.6. The summed E-state index contributed by atoms with van der Waals surface area (Å²) in [5.74, 6) is -0.281. The van der Waals surface area contributed by atoms with E-state index in [0.29, 0.717) is 16.8 Å². The van der Waals surface area contributed by atoms with Crippen LogP contribution in [-0.2, 0) is 27.1 Å². The summed E-state index contributed by atoms with van der Waals surface area (Å²) < 4.78 is 25.9. The van der Waals surface area contributed by atoms with Crippen LogP contribution in [0, 0.1) is 5.92 Å². The van der Waals surface area contributed by atoms with Gasteiger partial charge in [0.15, 0.2) is 0 Å². The highest BCUT2D eigenvalue weighted by Gasteiger charge is 2.29. The average Bonchev–Trinajstić information content (AvgIpc) is 3.53. The summed E-state index contributed by atoms with van der Waals surface area (Å²) in [6, 6.07) is 13.8. The highest BCUT2D eigenvalue weighted by atomic mass is 32.2. The number of carbonyl (C=O) groups is 2. The summed E-state index contributed by atoms with van der Waals surface area (Å²) in [6.07, 6.45) is 1.87. The first kappa shape index (κ1) is 20.0. The van der Waals surface area contributed by atoms with Gasteiger partial charge < -0.3 is 10.6 Å². The van der Waals surface area contributed by atoms with Crippen LogP contribution in [0.2, 0.25) is 0 Å². The number of nitrogens with one attached hydrogen (secondary N) is 3. The molecule has 2 aromatic rings. The van der Waals surface area contributed by atoms with Crippen LogP contribution in [0.15, 0.2) is 48.5 Å². The maximum absolute atomic E-state index is 12.4. The Balaban J connectivity index is 1.60. The molecule has 1 saturated carbocycles. The van der Waals surface area contributed by atoms with Crippen LogP contribution in [0.5, 0.6) is 0 Å². The molecule has 1 aliphatic carbocycles. The standard InChI is InChI=1S/C20H23N3O4S/c1-21-28(26,27)13-17-5-3-2-4-16(17)12-22-19(24)14-8-10-18(11-9-14)23-20(25)15-6-7-15/h2-5,8-11,15,21H,6-7,12-13H2,1H3,(H,22,24)(H,23,25). The predicted octanol–water partition coefficient (Wildman–Crippen LogP) is 2.01. The Bertz CT molecular complexity index is 967. The van der Waals surface area contributed by atoms with E-state index in [2.05, 4.69) is 15.4 Å². The van der Waals surface area contributed by atoms with Crippen LogP contribution in [0.25, 0.3) is 0 Å². The Labute approximate surface area is 164 Å². The smallest absolute Gasteiger partial charge is 0.251 e. The van der Waals surface area contributed by atoms with Gasteiger partial charge in [0.25, 0.3) is 5.91 Å². The molecule has 2 amide bonds. The zero-order chi connectivity index (χ0) is 20.1. The minimum absolute atomic E-state index is 0.0188. The van der Waals surface area contributed by atoms with Crippen LogP contribution in [0.1, 0.15) is 34.3 Å².